The van der Waals surface area contributed by atoms with E-state index in [4.69, 9.17) is 26.3 Å². The molecule has 0 saturated heterocycles. The number of methoxy groups -OCH3 is 1. The van der Waals surface area contributed by atoms with E-state index < -0.39 is 0 Å². The summed E-state index contributed by atoms with van der Waals surface area (Å²) in [4.78, 5) is 18.3. The van der Waals surface area contributed by atoms with Crippen LogP contribution >= 0.6 is 11.6 Å². The van der Waals surface area contributed by atoms with Crippen molar-refractivity contribution >= 4 is 23.6 Å². The summed E-state index contributed by atoms with van der Waals surface area (Å²) in [7, 11) is 1.52. The maximum atomic E-state index is 12.7. The number of nitrogens with zero attached hydrogens (tertiary/aromatic N) is 3. The molecule has 1 heterocycles. The van der Waals surface area contributed by atoms with Gasteiger partial charge in [0.05, 0.1) is 31.2 Å². The van der Waals surface area contributed by atoms with E-state index in [1.54, 1.807) is 35.5 Å². The Morgan fingerprint density at radius 2 is 2.25 bits per heavy atom. The van der Waals surface area contributed by atoms with Crippen LogP contribution in [0, 0.1) is 11.3 Å². The molecule has 0 unspecified atom stereocenters. The Bertz CT molecular complexity index is 863. The number of rotatable bonds is 9. The smallest absolute Gasteiger partial charge is 0.246 e. The molecule has 0 aliphatic heterocycles. The molecule has 0 aliphatic rings. The molecule has 6 nitrogen and oxygen atoms in total. The number of halogens is 1. The molecule has 0 spiro atoms. The van der Waals surface area contributed by atoms with Gasteiger partial charge in [0.15, 0.2) is 11.5 Å². The van der Waals surface area contributed by atoms with Crippen molar-refractivity contribution in [2.75, 3.05) is 20.3 Å². The van der Waals surface area contributed by atoms with Gasteiger partial charge in [-0.3, -0.25) is 9.78 Å². The van der Waals surface area contributed by atoms with Crippen LogP contribution in [0.15, 0.2) is 42.7 Å². The van der Waals surface area contributed by atoms with Crippen LogP contribution in [-0.4, -0.2) is 36.1 Å². The van der Waals surface area contributed by atoms with Gasteiger partial charge in [0.1, 0.15) is 0 Å². The van der Waals surface area contributed by atoms with Crippen molar-refractivity contribution in [1.29, 1.82) is 5.26 Å². The summed E-state index contributed by atoms with van der Waals surface area (Å²) in [5, 5.41) is 9.27. The first-order valence-electron chi connectivity index (χ1n) is 8.82. The lowest BCUT2D eigenvalue weighted by atomic mass is 10.1. The van der Waals surface area contributed by atoms with E-state index >= 15 is 0 Å². The molecule has 0 radical (unpaired) electrons. The molecule has 0 bridgehead atoms. The minimum absolute atomic E-state index is 0.205. The van der Waals surface area contributed by atoms with Crippen molar-refractivity contribution in [3.8, 4) is 17.6 Å². The molecule has 2 aromatic rings. The quantitative estimate of drug-likeness (QED) is 0.593. The molecular weight excluding hydrogens is 378 g/mol. The minimum Gasteiger partial charge on any atom is -0.491 e. The van der Waals surface area contributed by atoms with Crippen LogP contribution in [0.5, 0.6) is 11.5 Å². The monoisotopic (exact) mass is 399 g/mol. The number of carbonyl (C=O) groups excluding carboxylic acids is 1. The summed E-state index contributed by atoms with van der Waals surface area (Å²) in [6.45, 7) is 3.05. The maximum Gasteiger partial charge on any atom is 0.246 e. The van der Waals surface area contributed by atoms with Crippen LogP contribution in [0.2, 0.25) is 5.02 Å². The molecule has 1 amide bonds. The van der Waals surface area contributed by atoms with Crippen LogP contribution < -0.4 is 9.47 Å². The third-order valence-electron chi connectivity index (χ3n) is 3.86. The number of pyridine rings is 1. The average Bonchev–Trinajstić information content (AvgIpc) is 2.70. The molecule has 0 aliphatic carbocycles. The second-order valence-corrected chi connectivity index (χ2v) is 6.24. The van der Waals surface area contributed by atoms with Gasteiger partial charge < -0.3 is 14.4 Å². The number of amides is 1. The molecule has 0 saturated carbocycles. The highest BCUT2D eigenvalue weighted by molar-refractivity contribution is 6.32. The molecule has 0 fully saturated rings. The zero-order valence-electron chi connectivity index (χ0n) is 15.9. The second kappa shape index (κ2) is 11.0. The van der Waals surface area contributed by atoms with Crippen LogP contribution in [0.4, 0.5) is 0 Å². The number of benzene rings is 1. The third-order valence-corrected chi connectivity index (χ3v) is 4.14. The minimum atomic E-state index is -0.205. The van der Waals surface area contributed by atoms with Crippen LogP contribution in [0.25, 0.3) is 6.08 Å². The predicted molar refractivity (Wildman–Crippen MR) is 108 cm³/mol. The highest BCUT2D eigenvalue weighted by Gasteiger charge is 2.13. The van der Waals surface area contributed by atoms with Gasteiger partial charge in [-0.05, 0) is 42.3 Å². The van der Waals surface area contributed by atoms with Crippen LogP contribution in [0.3, 0.4) is 0 Å². The third kappa shape index (κ3) is 6.00. The van der Waals surface area contributed by atoms with Crippen LogP contribution in [-0.2, 0) is 11.3 Å². The Kier molecular flexibility index (Phi) is 8.32. The van der Waals surface area contributed by atoms with Crippen LogP contribution in [0.1, 0.15) is 24.5 Å². The molecule has 0 N–H and O–H groups in total. The predicted octanol–water partition coefficient (Wildman–Crippen LogP) is 4.10. The van der Waals surface area contributed by atoms with E-state index in [2.05, 4.69) is 11.1 Å². The van der Waals surface area contributed by atoms with E-state index in [0.29, 0.717) is 41.8 Å². The summed E-state index contributed by atoms with van der Waals surface area (Å²) >= 11 is 6.25. The van der Waals surface area contributed by atoms with Gasteiger partial charge in [-0.1, -0.05) is 17.7 Å². The molecule has 146 valence electrons. The molecule has 2 rings (SSSR count). The highest BCUT2D eigenvalue weighted by atomic mass is 35.5. The number of carbonyl (C=O) groups is 1. The Morgan fingerprint density at radius 3 is 2.89 bits per heavy atom. The van der Waals surface area contributed by atoms with Crippen molar-refractivity contribution in [3.05, 3.63) is 58.9 Å². The number of nitriles is 1. The van der Waals surface area contributed by atoms with Crippen molar-refractivity contribution in [1.82, 2.24) is 9.88 Å². The Labute approximate surface area is 170 Å². The molecular formula is C21H22ClN3O3. The summed E-state index contributed by atoms with van der Waals surface area (Å²) in [5.41, 5.74) is 1.61. The largest absolute Gasteiger partial charge is 0.491 e. The summed E-state index contributed by atoms with van der Waals surface area (Å²) < 4.78 is 10.8. The van der Waals surface area contributed by atoms with E-state index in [1.165, 1.54) is 13.2 Å². The van der Waals surface area contributed by atoms with Crippen molar-refractivity contribution in [2.24, 2.45) is 0 Å². The molecule has 1 aromatic carbocycles. The molecule has 0 atom stereocenters. The maximum absolute atomic E-state index is 12.7. The van der Waals surface area contributed by atoms with Gasteiger partial charge in [-0.2, -0.15) is 5.26 Å². The summed E-state index contributed by atoms with van der Waals surface area (Å²) in [6.07, 6.45) is 6.76. The van der Waals surface area contributed by atoms with Crippen molar-refractivity contribution < 1.29 is 14.3 Å². The van der Waals surface area contributed by atoms with Gasteiger partial charge in [0, 0.05) is 31.6 Å². The Balaban J connectivity index is 2.19. The van der Waals surface area contributed by atoms with Crippen molar-refractivity contribution in [3.63, 3.8) is 0 Å². The molecule has 7 heteroatoms. The fourth-order valence-electron chi connectivity index (χ4n) is 2.58. The SMILES string of the molecule is CCOc1cc(C=CC(=O)N(CCC#N)Cc2cccnc2)cc(Cl)c1OC. The van der Waals surface area contributed by atoms with Gasteiger partial charge in [0.25, 0.3) is 0 Å². The zero-order chi connectivity index (χ0) is 20.4. The highest BCUT2D eigenvalue weighted by Crippen LogP contribution is 2.36. The van der Waals surface area contributed by atoms with Gasteiger partial charge in [0.2, 0.25) is 5.91 Å². The first-order valence-corrected chi connectivity index (χ1v) is 9.20. The van der Waals surface area contributed by atoms with E-state index in [0.717, 1.165) is 5.56 Å². The number of ether oxygens (including phenoxy) is 2. The standard InChI is InChI=1S/C21H22ClN3O3/c1-3-28-19-13-16(12-18(22)21(19)27-2)7-8-20(26)25(11-5-9-23)15-17-6-4-10-24-14-17/h4,6-8,10,12-14H,3,5,11,15H2,1-2H3. The first-order chi connectivity index (χ1) is 13.6. The van der Waals surface area contributed by atoms with Gasteiger partial charge in [-0.25, -0.2) is 0 Å². The summed E-state index contributed by atoms with van der Waals surface area (Å²) in [5.74, 6) is 0.768. The average molecular weight is 400 g/mol. The lowest BCUT2D eigenvalue weighted by Crippen LogP contribution is -2.29. The lowest BCUT2D eigenvalue weighted by Gasteiger charge is -2.20. The number of aromatic nitrogens is 1. The second-order valence-electron chi connectivity index (χ2n) is 5.83. The van der Waals surface area contributed by atoms with E-state index in [9.17, 15) is 4.79 Å². The lowest BCUT2D eigenvalue weighted by molar-refractivity contribution is -0.126. The normalized spacial score (nSPS) is 10.5. The van der Waals surface area contributed by atoms with E-state index in [1.807, 2.05) is 19.1 Å². The number of hydrogen-bond donors (Lipinski definition) is 0. The van der Waals surface area contributed by atoms with Gasteiger partial charge >= 0.3 is 0 Å². The molecule has 1 aromatic heterocycles. The number of hydrogen-bond acceptors (Lipinski definition) is 5. The topological polar surface area (TPSA) is 75.5 Å². The Hall–Kier alpha value is -3.04. The fraction of sp³-hybridized carbons (Fsp3) is 0.286. The first kappa shape index (κ1) is 21.3. The van der Waals surface area contributed by atoms with Crippen molar-refractivity contribution in [2.45, 2.75) is 19.9 Å². The molecule has 28 heavy (non-hydrogen) atoms. The van der Waals surface area contributed by atoms with Gasteiger partial charge in [-0.15, -0.1) is 0 Å². The Morgan fingerprint density at radius 1 is 1.43 bits per heavy atom. The summed E-state index contributed by atoms with van der Waals surface area (Å²) in [6, 6.07) is 9.24. The fourth-order valence-corrected chi connectivity index (χ4v) is 2.88. The zero-order valence-corrected chi connectivity index (χ0v) is 16.6. The van der Waals surface area contributed by atoms with E-state index in [-0.39, 0.29) is 12.3 Å².